The molecule has 148 valence electrons. The molecule has 8 heteroatoms. The molecule has 1 aromatic heterocycles. The lowest BCUT2D eigenvalue weighted by Crippen LogP contribution is -2.52. The summed E-state index contributed by atoms with van der Waals surface area (Å²) in [4.78, 5) is 28.9. The number of rotatable bonds is 7. The fourth-order valence-electron chi connectivity index (χ4n) is 2.24. The SMILES string of the molecule is CC(OC(=O)Cc1csc(-c2cccc(Cl)c2)n1)C(=O)NC(C)(C#N)C(C)C. The number of hydrogen-bond donors (Lipinski definition) is 1. The molecule has 1 N–H and O–H groups in total. The van der Waals surface area contributed by atoms with Crippen LogP contribution in [-0.2, 0) is 20.7 Å². The van der Waals surface area contributed by atoms with Crippen molar-refractivity contribution in [1.29, 1.82) is 5.26 Å². The smallest absolute Gasteiger partial charge is 0.312 e. The molecule has 6 nitrogen and oxygen atoms in total. The Labute approximate surface area is 173 Å². The number of nitrogens with one attached hydrogen (secondary N) is 1. The maximum Gasteiger partial charge on any atom is 0.312 e. The molecular weight excluding hydrogens is 398 g/mol. The van der Waals surface area contributed by atoms with Crippen LogP contribution in [0.15, 0.2) is 29.6 Å². The molecule has 28 heavy (non-hydrogen) atoms. The molecule has 0 saturated heterocycles. The van der Waals surface area contributed by atoms with E-state index in [2.05, 4.69) is 16.4 Å². The third kappa shape index (κ3) is 5.54. The average molecular weight is 420 g/mol. The molecular formula is C20H22ClN3O3S. The zero-order valence-electron chi connectivity index (χ0n) is 16.2. The van der Waals surface area contributed by atoms with Crippen LogP contribution in [0.1, 0.15) is 33.4 Å². The number of ether oxygens (including phenoxy) is 1. The number of nitrogens with zero attached hydrogens (tertiary/aromatic N) is 2. The predicted octanol–water partition coefficient (Wildman–Crippen LogP) is 3.99. The van der Waals surface area contributed by atoms with E-state index in [0.29, 0.717) is 10.7 Å². The summed E-state index contributed by atoms with van der Waals surface area (Å²) in [5, 5.41) is 15.1. The normalized spacial score (nSPS) is 14.0. The van der Waals surface area contributed by atoms with Gasteiger partial charge in [-0.15, -0.1) is 11.3 Å². The fraction of sp³-hybridized carbons (Fsp3) is 0.400. The van der Waals surface area contributed by atoms with Crippen molar-refractivity contribution in [2.45, 2.75) is 45.8 Å². The monoisotopic (exact) mass is 419 g/mol. The molecule has 0 aliphatic heterocycles. The van der Waals surface area contributed by atoms with Crippen molar-refractivity contribution in [3.63, 3.8) is 0 Å². The minimum Gasteiger partial charge on any atom is -0.452 e. The zero-order chi connectivity index (χ0) is 20.9. The molecule has 0 saturated carbocycles. The standard InChI is InChI=1S/C20H22ClN3O3S/c1-12(2)20(4,11-22)24-18(26)13(3)27-17(25)9-16-10-28-19(23-16)14-6-5-7-15(21)8-14/h5-8,10,12-13H,9H2,1-4H3,(H,24,26). The van der Waals surface area contributed by atoms with E-state index in [1.807, 2.05) is 26.0 Å². The first kappa shape index (κ1) is 21.9. The van der Waals surface area contributed by atoms with Crippen molar-refractivity contribution >= 4 is 34.8 Å². The van der Waals surface area contributed by atoms with Crippen molar-refractivity contribution in [2.75, 3.05) is 0 Å². The van der Waals surface area contributed by atoms with Gasteiger partial charge in [0, 0.05) is 16.0 Å². The third-order valence-electron chi connectivity index (χ3n) is 4.40. The molecule has 0 spiro atoms. The van der Waals surface area contributed by atoms with E-state index in [1.54, 1.807) is 24.4 Å². The van der Waals surface area contributed by atoms with Crippen molar-refractivity contribution in [3.05, 3.63) is 40.4 Å². The minimum absolute atomic E-state index is 0.0472. The van der Waals surface area contributed by atoms with Gasteiger partial charge in [0.1, 0.15) is 10.5 Å². The van der Waals surface area contributed by atoms with Gasteiger partial charge in [0.25, 0.3) is 5.91 Å². The second kappa shape index (κ2) is 9.18. The molecule has 1 heterocycles. The van der Waals surface area contributed by atoms with Gasteiger partial charge in [0.15, 0.2) is 6.10 Å². The second-order valence-corrected chi connectivity index (χ2v) is 8.22. The number of esters is 1. The molecule has 2 aromatic rings. The maximum atomic E-state index is 12.3. The Morgan fingerprint density at radius 2 is 2.11 bits per heavy atom. The molecule has 2 unspecified atom stereocenters. The highest BCUT2D eigenvalue weighted by atomic mass is 35.5. The summed E-state index contributed by atoms with van der Waals surface area (Å²) in [6.45, 7) is 6.78. The average Bonchev–Trinajstić information content (AvgIpc) is 3.09. The number of halogens is 1. The van der Waals surface area contributed by atoms with Crippen molar-refractivity contribution < 1.29 is 14.3 Å². The fourth-order valence-corrected chi connectivity index (χ4v) is 3.25. The molecule has 1 amide bonds. The van der Waals surface area contributed by atoms with Gasteiger partial charge in [-0.2, -0.15) is 5.26 Å². The van der Waals surface area contributed by atoms with Crippen molar-refractivity contribution in [1.82, 2.24) is 10.3 Å². The Balaban J connectivity index is 1.95. The second-order valence-electron chi connectivity index (χ2n) is 6.92. The first-order chi connectivity index (χ1) is 13.1. The topological polar surface area (TPSA) is 92.1 Å². The number of amides is 1. The van der Waals surface area contributed by atoms with E-state index < -0.39 is 23.5 Å². The van der Waals surface area contributed by atoms with Crippen LogP contribution in [0.4, 0.5) is 0 Å². The number of aromatic nitrogens is 1. The predicted molar refractivity (Wildman–Crippen MR) is 109 cm³/mol. The van der Waals surface area contributed by atoms with E-state index in [9.17, 15) is 14.9 Å². The molecule has 2 atom stereocenters. The van der Waals surface area contributed by atoms with Gasteiger partial charge in [-0.05, 0) is 31.9 Å². The summed E-state index contributed by atoms with van der Waals surface area (Å²) in [6, 6.07) is 9.39. The van der Waals surface area contributed by atoms with Gasteiger partial charge >= 0.3 is 5.97 Å². The van der Waals surface area contributed by atoms with E-state index in [-0.39, 0.29) is 12.3 Å². The number of carbonyl (C=O) groups excluding carboxylic acids is 2. The van der Waals surface area contributed by atoms with Crippen LogP contribution in [0.5, 0.6) is 0 Å². The van der Waals surface area contributed by atoms with E-state index in [0.717, 1.165) is 10.6 Å². The van der Waals surface area contributed by atoms with Crippen LogP contribution in [0.3, 0.4) is 0 Å². The Morgan fingerprint density at radius 3 is 2.71 bits per heavy atom. The lowest BCUT2D eigenvalue weighted by Gasteiger charge is -2.28. The Morgan fingerprint density at radius 1 is 1.39 bits per heavy atom. The summed E-state index contributed by atoms with van der Waals surface area (Å²) < 4.78 is 5.20. The first-order valence-electron chi connectivity index (χ1n) is 8.77. The highest BCUT2D eigenvalue weighted by Gasteiger charge is 2.32. The van der Waals surface area contributed by atoms with Gasteiger partial charge in [-0.1, -0.05) is 37.6 Å². The first-order valence-corrected chi connectivity index (χ1v) is 10.0. The van der Waals surface area contributed by atoms with Crippen LogP contribution in [0, 0.1) is 17.2 Å². The molecule has 0 bridgehead atoms. The summed E-state index contributed by atoms with van der Waals surface area (Å²) in [6.07, 6.45) is -1.06. The highest BCUT2D eigenvalue weighted by molar-refractivity contribution is 7.13. The summed E-state index contributed by atoms with van der Waals surface area (Å²) in [5.41, 5.74) is 0.398. The van der Waals surface area contributed by atoms with Crippen molar-refractivity contribution in [3.8, 4) is 16.6 Å². The largest absolute Gasteiger partial charge is 0.452 e. The van der Waals surface area contributed by atoms with E-state index in [1.165, 1.54) is 18.3 Å². The summed E-state index contributed by atoms with van der Waals surface area (Å²) >= 11 is 7.39. The van der Waals surface area contributed by atoms with Crippen LogP contribution >= 0.6 is 22.9 Å². The van der Waals surface area contributed by atoms with E-state index >= 15 is 0 Å². The third-order valence-corrected chi connectivity index (χ3v) is 5.57. The van der Waals surface area contributed by atoms with Gasteiger partial charge in [-0.25, -0.2) is 4.98 Å². The van der Waals surface area contributed by atoms with Gasteiger partial charge in [0.05, 0.1) is 18.2 Å². The quantitative estimate of drug-likeness (QED) is 0.685. The highest BCUT2D eigenvalue weighted by Crippen LogP contribution is 2.26. The Kier molecular flexibility index (Phi) is 7.17. The van der Waals surface area contributed by atoms with Crippen LogP contribution in [0.2, 0.25) is 5.02 Å². The van der Waals surface area contributed by atoms with Crippen LogP contribution in [-0.4, -0.2) is 28.5 Å². The molecule has 1 aromatic carbocycles. The summed E-state index contributed by atoms with van der Waals surface area (Å²) in [5.74, 6) is -1.16. The number of hydrogen-bond acceptors (Lipinski definition) is 6. The number of nitriles is 1. The Bertz CT molecular complexity index is 906. The molecule has 2 rings (SSSR count). The van der Waals surface area contributed by atoms with Gasteiger partial charge in [0.2, 0.25) is 0 Å². The van der Waals surface area contributed by atoms with Crippen LogP contribution in [0.25, 0.3) is 10.6 Å². The lowest BCUT2D eigenvalue weighted by molar-refractivity contribution is -0.154. The maximum absolute atomic E-state index is 12.3. The molecule has 0 aliphatic rings. The molecule has 0 radical (unpaired) electrons. The van der Waals surface area contributed by atoms with Crippen LogP contribution < -0.4 is 5.32 Å². The lowest BCUT2D eigenvalue weighted by atomic mass is 9.90. The van der Waals surface area contributed by atoms with Gasteiger partial charge < -0.3 is 10.1 Å². The Hall–Kier alpha value is -2.43. The number of benzene rings is 1. The number of thiazole rings is 1. The minimum atomic E-state index is -1.03. The van der Waals surface area contributed by atoms with Crippen molar-refractivity contribution in [2.24, 2.45) is 5.92 Å². The summed E-state index contributed by atoms with van der Waals surface area (Å²) in [7, 11) is 0. The molecule has 0 aliphatic carbocycles. The van der Waals surface area contributed by atoms with Gasteiger partial charge in [-0.3, -0.25) is 9.59 Å². The van der Waals surface area contributed by atoms with E-state index in [4.69, 9.17) is 16.3 Å². The zero-order valence-corrected chi connectivity index (χ0v) is 17.7. The molecule has 0 fully saturated rings. The number of carbonyl (C=O) groups is 2.